The van der Waals surface area contributed by atoms with E-state index in [0.717, 1.165) is 0 Å². The highest BCUT2D eigenvalue weighted by Crippen LogP contribution is 2.17. The van der Waals surface area contributed by atoms with Crippen LogP contribution in [0.25, 0.3) is 0 Å². The Kier molecular flexibility index (Phi) is 5.84. The molecule has 5 nitrogen and oxygen atoms in total. The molecule has 1 N–H and O–H groups in total. The predicted molar refractivity (Wildman–Crippen MR) is 67.1 cm³/mol. The fourth-order valence-electron chi connectivity index (χ4n) is 1.12. The van der Waals surface area contributed by atoms with Gasteiger partial charge < -0.3 is 14.8 Å². The highest BCUT2D eigenvalue weighted by Gasteiger charge is 2.14. The molecule has 1 amide bonds. The second kappa shape index (κ2) is 6.90. The van der Waals surface area contributed by atoms with Crippen LogP contribution in [0.3, 0.4) is 0 Å². The maximum atomic E-state index is 11.8. The Balaban J connectivity index is 2.66. The van der Waals surface area contributed by atoms with Crippen molar-refractivity contribution in [3.63, 3.8) is 0 Å². The number of ether oxygens (including phenoxy) is 2. The predicted octanol–water partition coefficient (Wildman–Crippen LogP) is 1.85. The van der Waals surface area contributed by atoms with Crippen molar-refractivity contribution in [3.8, 4) is 0 Å². The number of nitrogens with zero attached hydrogens (tertiary/aromatic N) is 1. The molecule has 0 atom stereocenters. The minimum absolute atomic E-state index is 0.150. The number of pyridine rings is 1. The van der Waals surface area contributed by atoms with E-state index in [0.29, 0.717) is 10.0 Å². The third-order valence-corrected chi connectivity index (χ3v) is 2.74. The van der Waals surface area contributed by atoms with Gasteiger partial charge in [-0.2, -0.15) is 0 Å². The van der Waals surface area contributed by atoms with Crippen LogP contribution < -0.4 is 5.32 Å². The Morgan fingerprint density at radius 3 is 2.82 bits per heavy atom. The molecule has 1 aromatic rings. The Morgan fingerprint density at radius 1 is 1.59 bits per heavy atom. The first-order chi connectivity index (χ1) is 8.08. The number of halogens is 2. The topological polar surface area (TPSA) is 60.5 Å². The molecule has 0 saturated carbocycles. The second-order valence-corrected chi connectivity index (χ2v) is 4.38. The van der Waals surface area contributed by atoms with Crippen LogP contribution in [0.4, 0.5) is 0 Å². The van der Waals surface area contributed by atoms with Crippen LogP contribution in [-0.4, -0.2) is 37.9 Å². The van der Waals surface area contributed by atoms with Gasteiger partial charge in [0.05, 0.1) is 12.1 Å². The van der Waals surface area contributed by atoms with Crippen LogP contribution in [0.2, 0.25) is 5.15 Å². The number of hydrogen-bond donors (Lipinski definition) is 1. The number of carbonyl (C=O) groups excluding carboxylic acids is 1. The van der Waals surface area contributed by atoms with Crippen molar-refractivity contribution in [2.75, 3.05) is 20.8 Å². The molecule has 0 aliphatic carbocycles. The number of carbonyl (C=O) groups is 1. The van der Waals surface area contributed by atoms with Crippen LogP contribution in [0.15, 0.2) is 16.7 Å². The van der Waals surface area contributed by atoms with Gasteiger partial charge >= 0.3 is 0 Å². The number of aromatic nitrogens is 1. The van der Waals surface area contributed by atoms with E-state index in [-0.39, 0.29) is 17.6 Å². The summed E-state index contributed by atoms with van der Waals surface area (Å²) in [5.41, 5.74) is 0.298. The van der Waals surface area contributed by atoms with Gasteiger partial charge in [0.1, 0.15) is 5.15 Å². The molecular formula is C10H12BrClN2O3. The lowest BCUT2D eigenvalue weighted by molar-refractivity contribution is -0.0974. The van der Waals surface area contributed by atoms with Crippen molar-refractivity contribution in [2.45, 2.75) is 6.29 Å². The Morgan fingerprint density at radius 2 is 2.24 bits per heavy atom. The van der Waals surface area contributed by atoms with Gasteiger partial charge in [-0.15, -0.1) is 0 Å². The largest absolute Gasteiger partial charge is 0.354 e. The molecule has 0 aliphatic heterocycles. The minimum atomic E-state index is -0.488. The number of amides is 1. The number of methoxy groups -OCH3 is 2. The van der Waals surface area contributed by atoms with Gasteiger partial charge in [-0.25, -0.2) is 4.98 Å². The van der Waals surface area contributed by atoms with Crippen LogP contribution in [0, 0.1) is 0 Å². The first-order valence-electron chi connectivity index (χ1n) is 4.73. The van der Waals surface area contributed by atoms with Crippen molar-refractivity contribution >= 4 is 33.4 Å². The summed E-state index contributed by atoms with van der Waals surface area (Å²) in [7, 11) is 2.99. The highest BCUT2D eigenvalue weighted by atomic mass is 79.9. The monoisotopic (exact) mass is 322 g/mol. The Bertz CT molecular complexity index is 399. The third kappa shape index (κ3) is 4.23. The van der Waals surface area contributed by atoms with Crippen LogP contribution in [0.1, 0.15) is 10.4 Å². The molecule has 0 spiro atoms. The molecule has 94 valence electrons. The molecule has 0 radical (unpaired) electrons. The average molecular weight is 324 g/mol. The zero-order valence-corrected chi connectivity index (χ0v) is 11.7. The quantitative estimate of drug-likeness (QED) is 0.663. The smallest absolute Gasteiger partial charge is 0.254 e. The van der Waals surface area contributed by atoms with Gasteiger partial charge in [0.25, 0.3) is 5.91 Å². The molecule has 0 fully saturated rings. The fourth-order valence-corrected chi connectivity index (χ4v) is 1.64. The second-order valence-electron chi connectivity index (χ2n) is 3.10. The van der Waals surface area contributed by atoms with E-state index in [9.17, 15) is 4.79 Å². The SMILES string of the molecule is COC(CNC(=O)c1cc(Br)cnc1Cl)OC. The molecule has 0 bridgehead atoms. The lowest BCUT2D eigenvalue weighted by Crippen LogP contribution is -2.34. The van der Waals surface area contributed by atoms with Crippen LogP contribution in [-0.2, 0) is 9.47 Å². The molecule has 0 aliphatic rings. The van der Waals surface area contributed by atoms with E-state index in [1.54, 1.807) is 6.07 Å². The third-order valence-electron chi connectivity index (χ3n) is 2.01. The molecule has 0 aromatic carbocycles. The van der Waals surface area contributed by atoms with E-state index in [4.69, 9.17) is 21.1 Å². The number of nitrogens with one attached hydrogen (secondary N) is 1. The maximum absolute atomic E-state index is 11.8. The molecule has 17 heavy (non-hydrogen) atoms. The van der Waals surface area contributed by atoms with E-state index >= 15 is 0 Å². The van der Waals surface area contributed by atoms with Gasteiger partial charge in [0.2, 0.25) is 0 Å². The van der Waals surface area contributed by atoms with Crippen molar-refractivity contribution in [1.29, 1.82) is 0 Å². The molecule has 0 saturated heterocycles. The van der Waals surface area contributed by atoms with Crippen LogP contribution >= 0.6 is 27.5 Å². The fraction of sp³-hybridized carbons (Fsp3) is 0.400. The van der Waals surface area contributed by atoms with E-state index < -0.39 is 6.29 Å². The normalized spacial score (nSPS) is 10.6. The molecule has 1 rings (SSSR count). The van der Waals surface area contributed by atoms with Crippen molar-refractivity contribution in [3.05, 3.63) is 27.5 Å². The summed E-state index contributed by atoms with van der Waals surface area (Å²) in [6.07, 6.45) is 1.03. The average Bonchev–Trinajstić information content (AvgIpc) is 2.33. The standard InChI is InChI=1S/C10H12BrClN2O3/c1-16-8(17-2)5-14-10(15)7-3-6(11)4-13-9(7)12/h3-4,8H,5H2,1-2H3,(H,14,15). The summed E-state index contributed by atoms with van der Waals surface area (Å²) in [6, 6.07) is 1.60. The highest BCUT2D eigenvalue weighted by molar-refractivity contribution is 9.10. The van der Waals surface area contributed by atoms with Gasteiger partial charge in [0, 0.05) is 24.9 Å². The summed E-state index contributed by atoms with van der Waals surface area (Å²) >= 11 is 9.04. The molecule has 7 heteroatoms. The lowest BCUT2D eigenvalue weighted by atomic mass is 10.2. The molecular weight excluding hydrogens is 311 g/mol. The summed E-state index contributed by atoms with van der Waals surface area (Å²) < 4.78 is 10.6. The van der Waals surface area contributed by atoms with E-state index in [2.05, 4.69) is 26.2 Å². The van der Waals surface area contributed by atoms with Gasteiger partial charge in [-0.3, -0.25) is 4.79 Å². The number of rotatable bonds is 5. The van der Waals surface area contributed by atoms with Crippen molar-refractivity contribution < 1.29 is 14.3 Å². The summed E-state index contributed by atoms with van der Waals surface area (Å²) in [6.45, 7) is 0.231. The maximum Gasteiger partial charge on any atom is 0.254 e. The van der Waals surface area contributed by atoms with Crippen molar-refractivity contribution in [1.82, 2.24) is 10.3 Å². The van der Waals surface area contributed by atoms with Gasteiger partial charge in [0.15, 0.2) is 6.29 Å². The first kappa shape index (κ1) is 14.4. The summed E-state index contributed by atoms with van der Waals surface area (Å²) in [5, 5.41) is 2.78. The van der Waals surface area contributed by atoms with E-state index in [1.165, 1.54) is 20.4 Å². The minimum Gasteiger partial charge on any atom is -0.354 e. The van der Waals surface area contributed by atoms with Gasteiger partial charge in [-0.05, 0) is 22.0 Å². The summed E-state index contributed by atoms with van der Waals surface area (Å²) in [4.78, 5) is 15.6. The first-order valence-corrected chi connectivity index (χ1v) is 5.90. The molecule has 1 aromatic heterocycles. The van der Waals surface area contributed by atoms with Crippen molar-refractivity contribution in [2.24, 2.45) is 0 Å². The van der Waals surface area contributed by atoms with Gasteiger partial charge in [-0.1, -0.05) is 11.6 Å². The lowest BCUT2D eigenvalue weighted by Gasteiger charge is -2.14. The zero-order chi connectivity index (χ0) is 12.8. The van der Waals surface area contributed by atoms with E-state index in [1.807, 2.05) is 0 Å². The number of hydrogen-bond acceptors (Lipinski definition) is 4. The zero-order valence-electron chi connectivity index (χ0n) is 9.37. The Labute approximate surface area is 113 Å². The molecule has 0 unspecified atom stereocenters. The summed E-state index contributed by atoms with van der Waals surface area (Å²) in [5.74, 6) is -0.331. The van der Waals surface area contributed by atoms with Crippen LogP contribution in [0.5, 0.6) is 0 Å². The Hall–Kier alpha value is -0.690. The molecule has 1 heterocycles.